The fourth-order valence-electron chi connectivity index (χ4n) is 1.60. The molecule has 1 N–H and O–H groups in total. The van der Waals surface area contributed by atoms with Gasteiger partial charge in [0.15, 0.2) is 11.9 Å². The molecule has 1 aromatic carbocycles. The number of benzene rings is 1. The molecule has 0 aliphatic heterocycles. The van der Waals surface area contributed by atoms with E-state index in [0.717, 1.165) is 18.0 Å². The second-order valence-electron chi connectivity index (χ2n) is 3.86. The molecular formula is C12H11N3O3. The van der Waals surface area contributed by atoms with Crippen molar-refractivity contribution >= 4 is 17.1 Å². The molecule has 0 saturated heterocycles. The van der Waals surface area contributed by atoms with E-state index in [1.165, 1.54) is 6.07 Å². The van der Waals surface area contributed by atoms with Crippen LogP contribution in [0.25, 0.3) is 0 Å². The lowest BCUT2D eigenvalue weighted by Crippen LogP contribution is -2.25. The van der Waals surface area contributed by atoms with Gasteiger partial charge in [-0.1, -0.05) is 12.1 Å². The molecule has 0 bridgehead atoms. The first-order chi connectivity index (χ1) is 8.56. The topological polar surface area (TPSA) is 82.1 Å². The van der Waals surface area contributed by atoms with Crippen LogP contribution in [-0.2, 0) is 0 Å². The number of rotatable bonds is 3. The number of hydrogen-bond acceptors (Lipinski definition) is 4. The van der Waals surface area contributed by atoms with Crippen molar-refractivity contribution in [1.82, 2.24) is 0 Å². The molecule has 0 spiro atoms. The summed E-state index contributed by atoms with van der Waals surface area (Å²) in [6, 6.07) is 8.53. The third-order valence-corrected chi connectivity index (χ3v) is 2.41. The Morgan fingerprint density at radius 1 is 1.33 bits per heavy atom. The predicted octanol–water partition coefficient (Wildman–Crippen LogP) is 2.28. The van der Waals surface area contributed by atoms with Crippen LogP contribution >= 0.6 is 0 Å². The van der Waals surface area contributed by atoms with Gasteiger partial charge in [0.2, 0.25) is 6.20 Å². The summed E-state index contributed by atoms with van der Waals surface area (Å²) in [5, 5.41) is 24.9. The molecule has 0 saturated carbocycles. The first kappa shape index (κ1) is 11.8. The van der Waals surface area contributed by atoms with Crippen molar-refractivity contribution in [2.45, 2.75) is 6.92 Å². The third-order valence-electron chi connectivity index (χ3n) is 2.41. The lowest BCUT2D eigenvalue weighted by Gasteiger charge is -2.07. The number of aromatic nitrogens is 1. The molecule has 2 rings (SSSR count). The Morgan fingerprint density at radius 2 is 2.11 bits per heavy atom. The quantitative estimate of drug-likeness (QED) is 0.389. The molecule has 0 aliphatic rings. The first-order valence-corrected chi connectivity index (χ1v) is 5.27. The zero-order chi connectivity index (χ0) is 13.1. The summed E-state index contributed by atoms with van der Waals surface area (Å²) in [7, 11) is 0. The standard InChI is InChI=1S/C12H11N3O3/c1-9-3-2-4-10(7-9)13-11-8-14(16)6-5-12(11)15(17)18/h2-8,13H,1H3. The number of nitrogens with one attached hydrogen (secondary N) is 1. The van der Waals surface area contributed by atoms with E-state index < -0.39 is 4.92 Å². The van der Waals surface area contributed by atoms with Crippen LogP contribution in [0, 0.1) is 22.2 Å². The highest BCUT2D eigenvalue weighted by atomic mass is 16.6. The summed E-state index contributed by atoms with van der Waals surface area (Å²) in [5.74, 6) is 0. The van der Waals surface area contributed by atoms with E-state index in [4.69, 9.17) is 0 Å². The highest BCUT2D eigenvalue weighted by molar-refractivity contribution is 5.67. The van der Waals surface area contributed by atoms with Crippen LogP contribution in [0.1, 0.15) is 5.56 Å². The SMILES string of the molecule is Cc1cccc(Nc2c[n+]([O-])ccc2[N+](=O)[O-])c1. The van der Waals surface area contributed by atoms with Crippen molar-refractivity contribution in [1.29, 1.82) is 0 Å². The number of nitro groups is 1. The first-order valence-electron chi connectivity index (χ1n) is 5.27. The Labute approximate surface area is 103 Å². The van der Waals surface area contributed by atoms with Crippen LogP contribution in [0.4, 0.5) is 17.1 Å². The molecule has 0 unspecified atom stereocenters. The molecule has 6 nitrogen and oxygen atoms in total. The number of hydrogen-bond donors (Lipinski definition) is 1. The minimum Gasteiger partial charge on any atom is -0.619 e. The highest BCUT2D eigenvalue weighted by Crippen LogP contribution is 2.25. The number of nitrogens with zero attached hydrogens (tertiary/aromatic N) is 2. The van der Waals surface area contributed by atoms with Crippen molar-refractivity contribution in [2.24, 2.45) is 0 Å². The van der Waals surface area contributed by atoms with Crippen LogP contribution in [0.5, 0.6) is 0 Å². The van der Waals surface area contributed by atoms with Gasteiger partial charge in [-0.25, -0.2) is 0 Å². The monoisotopic (exact) mass is 245 g/mol. The smallest absolute Gasteiger partial charge is 0.304 e. The molecule has 1 aromatic heterocycles. The molecule has 18 heavy (non-hydrogen) atoms. The van der Waals surface area contributed by atoms with Gasteiger partial charge in [-0.15, -0.1) is 0 Å². The highest BCUT2D eigenvalue weighted by Gasteiger charge is 2.17. The van der Waals surface area contributed by atoms with Crippen LogP contribution in [0.2, 0.25) is 0 Å². The van der Waals surface area contributed by atoms with E-state index in [2.05, 4.69) is 5.32 Å². The summed E-state index contributed by atoms with van der Waals surface area (Å²) < 4.78 is 0.519. The second-order valence-corrected chi connectivity index (χ2v) is 3.86. The maximum Gasteiger partial charge on any atom is 0.304 e. The maximum atomic E-state index is 11.2. The van der Waals surface area contributed by atoms with E-state index >= 15 is 0 Å². The molecule has 2 aromatic rings. The predicted molar refractivity (Wildman–Crippen MR) is 66.5 cm³/mol. The molecule has 0 aliphatic carbocycles. The van der Waals surface area contributed by atoms with E-state index in [0.29, 0.717) is 10.4 Å². The summed E-state index contributed by atoms with van der Waals surface area (Å²) in [4.78, 5) is 10.3. The maximum absolute atomic E-state index is 11.2. The van der Waals surface area contributed by atoms with Gasteiger partial charge in [-0.2, -0.15) is 4.73 Å². The summed E-state index contributed by atoms with van der Waals surface area (Å²) in [5.41, 5.74) is 1.75. The van der Waals surface area contributed by atoms with Gasteiger partial charge >= 0.3 is 5.69 Å². The minimum absolute atomic E-state index is 0.136. The van der Waals surface area contributed by atoms with Crippen molar-refractivity contribution in [3.63, 3.8) is 0 Å². The number of aryl methyl sites for hydroxylation is 1. The summed E-state index contributed by atoms with van der Waals surface area (Å²) in [6.07, 6.45) is 2.24. The summed E-state index contributed by atoms with van der Waals surface area (Å²) in [6.45, 7) is 1.92. The molecule has 92 valence electrons. The molecule has 6 heteroatoms. The fraction of sp³-hybridized carbons (Fsp3) is 0.0833. The van der Waals surface area contributed by atoms with Crippen LogP contribution in [0.3, 0.4) is 0 Å². The third kappa shape index (κ3) is 2.54. The molecule has 0 atom stereocenters. The zero-order valence-electron chi connectivity index (χ0n) is 9.66. The van der Waals surface area contributed by atoms with E-state index in [1.807, 2.05) is 25.1 Å². The largest absolute Gasteiger partial charge is 0.619 e. The molecule has 0 fully saturated rings. The van der Waals surface area contributed by atoms with Gasteiger partial charge in [0.1, 0.15) is 0 Å². The van der Waals surface area contributed by atoms with Gasteiger partial charge in [-0.05, 0) is 24.6 Å². The van der Waals surface area contributed by atoms with Crippen LogP contribution in [-0.4, -0.2) is 4.92 Å². The van der Waals surface area contributed by atoms with Crippen molar-refractivity contribution in [3.8, 4) is 0 Å². The fourth-order valence-corrected chi connectivity index (χ4v) is 1.60. The van der Waals surface area contributed by atoms with E-state index in [9.17, 15) is 15.3 Å². The molecule has 0 radical (unpaired) electrons. The molecule has 0 amide bonds. The average Bonchev–Trinajstić information content (AvgIpc) is 2.28. The lowest BCUT2D eigenvalue weighted by atomic mass is 10.2. The number of anilines is 2. The van der Waals surface area contributed by atoms with Crippen molar-refractivity contribution in [3.05, 3.63) is 63.6 Å². The minimum atomic E-state index is -0.530. The van der Waals surface area contributed by atoms with Crippen molar-refractivity contribution < 1.29 is 9.65 Å². The zero-order valence-corrected chi connectivity index (χ0v) is 9.66. The summed E-state index contributed by atoms with van der Waals surface area (Å²) >= 11 is 0. The Bertz CT molecular complexity index is 599. The van der Waals surface area contributed by atoms with Gasteiger partial charge in [0, 0.05) is 5.69 Å². The Hall–Kier alpha value is -2.63. The Balaban J connectivity index is 2.39. The lowest BCUT2D eigenvalue weighted by molar-refractivity contribution is -0.605. The second kappa shape index (κ2) is 4.70. The molecule has 1 heterocycles. The van der Waals surface area contributed by atoms with E-state index in [1.54, 1.807) is 6.07 Å². The molecular weight excluding hydrogens is 234 g/mol. The van der Waals surface area contributed by atoms with Gasteiger partial charge in [0.25, 0.3) is 0 Å². The normalized spacial score (nSPS) is 10.1. The average molecular weight is 245 g/mol. The number of pyridine rings is 1. The van der Waals surface area contributed by atoms with Gasteiger partial charge in [-0.3, -0.25) is 10.1 Å². The Kier molecular flexibility index (Phi) is 3.09. The van der Waals surface area contributed by atoms with Crippen molar-refractivity contribution in [2.75, 3.05) is 5.32 Å². The van der Waals surface area contributed by atoms with Crippen LogP contribution < -0.4 is 10.0 Å². The van der Waals surface area contributed by atoms with Crippen LogP contribution in [0.15, 0.2) is 42.7 Å². The van der Waals surface area contributed by atoms with Gasteiger partial charge < -0.3 is 10.5 Å². The van der Waals surface area contributed by atoms with Gasteiger partial charge in [0.05, 0.1) is 11.0 Å². The Morgan fingerprint density at radius 3 is 2.78 bits per heavy atom. The van der Waals surface area contributed by atoms with E-state index in [-0.39, 0.29) is 11.4 Å².